The predicted octanol–water partition coefficient (Wildman–Crippen LogP) is -1.35. The second-order valence-corrected chi connectivity index (χ2v) is 3.90. The molecule has 2 fully saturated rings. The van der Waals surface area contributed by atoms with Crippen LogP contribution in [-0.4, -0.2) is 60.9 Å². The van der Waals surface area contributed by atoms with E-state index in [2.05, 4.69) is 5.32 Å². The van der Waals surface area contributed by atoms with Gasteiger partial charge < -0.3 is 15.1 Å². The number of carbonyl (C=O) groups is 2. The molecule has 2 aliphatic heterocycles. The van der Waals surface area contributed by atoms with Crippen LogP contribution in [0.3, 0.4) is 0 Å². The molecule has 0 radical (unpaired) electrons. The molecule has 5 heteroatoms. The minimum atomic E-state index is 0.0992. The van der Waals surface area contributed by atoms with E-state index in [0.29, 0.717) is 19.5 Å². The minimum Gasteiger partial charge on any atom is -0.344 e. The summed E-state index contributed by atoms with van der Waals surface area (Å²) >= 11 is 0. The van der Waals surface area contributed by atoms with Crippen LogP contribution in [0.5, 0.6) is 0 Å². The summed E-state index contributed by atoms with van der Waals surface area (Å²) in [7, 11) is 1.79. The Morgan fingerprint density at radius 3 is 2.71 bits per heavy atom. The van der Waals surface area contributed by atoms with Crippen molar-refractivity contribution in [2.45, 2.75) is 12.5 Å². The number of amides is 2. The van der Waals surface area contributed by atoms with Crippen LogP contribution in [0, 0.1) is 0 Å². The van der Waals surface area contributed by atoms with Gasteiger partial charge in [0.05, 0.1) is 12.6 Å². The van der Waals surface area contributed by atoms with Gasteiger partial charge in [0.25, 0.3) is 0 Å². The van der Waals surface area contributed by atoms with Crippen molar-refractivity contribution in [2.75, 3.05) is 33.2 Å². The van der Waals surface area contributed by atoms with Crippen molar-refractivity contribution < 1.29 is 9.59 Å². The second kappa shape index (κ2) is 3.57. The van der Waals surface area contributed by atoms with Crippen molar-refractivity contribution in [3.63, 3.8) is 0 Å². The zero-order valence-corrected chi connectivity index (χ0v) is 8.32. The number of hydrogen-bond donors (Lipinski definition) is 1. The van der Waals surface area contributed by atoms with E-state index in [4.69, 9.17) is 0 Å². The maximum Gasteiger partial charge on any atom is 0.236 e. The van der Waals surface area contributed by atoms with Crippen LogP contribution in [-0.2, 0) is 9.59 Å². The van der Waals surface area contributed by atoms with Crippen molar-refractivity contribution in [3.8, 4) is 0 Å². The van der Waals surface area contributed by atoms with Gasteiger partial charge in [-0.05, 0) is 0 Å². The molecule has 2 aliphatic rings. The lowest BCUT2D eigenvalue weighted by atomic mass is 10.2. The molecule has 2 saturated heterocycles. The summed E-state index contributed by atoms with van der Waals surface area (Å²) in [5.74, 6) is 0.255. The van der Waals surface area contributed by atoms with Crippen LogP contribution in [0.4, 0.5) is 0 Å². The van der Waals surface area contributed by atoms with E-state index in [0.717, 1.165) is 13.1 Å². The Morgan fingerprint density at radius 1 is 1.36 bits per heavy atom. The first-order chi connectivity index (χ1) is 6.68. The number of nitrogens with zero attached hydrogens (tertiary/aromatic N) is 2. The summed E-state index contributed by atoms with van der Waals surface area (Å²) in [6.45, 7) is 2.66. The Kier molecular flexibility index (Phi) is 2.41. The standard InChI is InChI=1S/C9H15N3O2/c1-11-6-7(4-8(11)13)12-3-2-10-5-9(12)14/h7,10H,2-6H2,1H3/t7-/m0/s1. The molecule has 0 unspecified atom stereocenters. The lowest BCUT2D eigenvalue weighted by molar-refractivity contribution is -0.134. The SMILES string of the molecule is CN1C[C@@H](N2CCNCC2=O)CC1=O. The molecule has 0 aromatic rings. The topological polar surface area (TPSA) is 52.6 Å². The second-order valence-electron chi connectivity index (χ2n) is 3.90. The van der Waals surface area contributed by atoms with Crippen molar-refractivity contribution >= 4 is 11.8 Å². The summed E-state index contributed by atoms with van der Waals surface area (Å²) in [6, 6.07) is 0.0992. The van der Waals surface area contributed by atoms with Gasteiger partial charge in [0.1, 0.15) is 0 Å². The van der Waals surface area contributed by atoms with Crippen LogP contribution >= 0.6 is 0 Å². The van der Waals surface area contributed by atoms with E-state index in [-0.39, 0.29) is 17.9 Å². The number of nitrogens with one attached hydrogen (secondary N) is 1. The van der Waals surface area contributed by atoms with Gasteiger partial charge in [-0.1, -0.05) is 0 Å². The van der Waals surface area contributed by atoms with Gasteiger partial charge in [-0.25, -0.2) is 0 Å². The summed E-state index contributed by atoms with van der Waals surface area (Å²) in [5.41, 5.74) is 0. The maximum atomic E-state index is 11.5. The fourth-order valence-electron chi connectivity index (χ4n) is 2.06. The molecule has 5 nitrogen and oxygen atoms in total. The molecule has 2 rings (SSSR count). The molecule has 0 aromatic carbocycles. The van der Waals surface area contributed by atoms with Gasteiger partial charge in [-0.15, -0.1) is 0 Å². The first-order valence-electron chi connectivity index (χ1n) is 4.92. The number of likely N-dealkylation sites (N-methyl/N-ethyl adjacent to an activating group) is 1. The summed E-state index contributed by atoms with van der Waals surface area (Å²) in [4.78, 5) is 26.4. The van der Waals surface area contributed by atoms with Gasteiger partial charge in [0.2, 0.25) is 11.8 Å². The zero-order valence-electron chi connectivity index (χ0n) is 8.32. The molecule has 0 bridgehead atoms. The van der Waals surface area contributed by atoms with Crippen LogP contribution in [0.2, 0.25) is 0 Å². The van der Waals surface area contributed by atoms with Crippen molar-refractivity contribution in [1.82, 2.24) is 15.1 Å². The Labute approximate surface area is 83.0 Å². The molecule has 0 aromatic heterocycles. The summed E-state index contributed by atoms with van der Waals surface area (Å²) in [5, 5.41) is 3.02. The third-order valence-corrected chi connectivity index (χ3v) is 2.89. The average molecular weight is 197 g/mol. The first-order valence-corrected chi connectivity index (χ1v) is 4.92. The van der Waals surface area contributed by atoms with E-state index in [1.165, 1.54) is 0 Å². The number of piperazine rings is 1. The molecule has 0 aliphatic carbocycles. The highest BCUT2D eigenvalue weighted by molar-refractivity contribution is 5.83. The van der Waals surface area contributed by atoms with Crippen molar-refractivity contribution in [1.29, 1.82) is 0 Å². The zero-order chi connectivity index (χ0) is 10.1. The molecule has 14 heavy (non-hydrogen) atoms. The maximum absolute atomic E-state index is 11.5. The van der Waals surface area contributed by atoms with E-state index in [9.17, 15) is 9.59 Å². The lowest BCUT2D eigenvalue weighted by Crippen LogP contribution is -2.53. The van der Waals surface area contributed by atoms with E-state index < -0.39 is 0 Å². The third kappa shape index (κ3) is 1.59. The fourth-order valence-corrected chi connectivity index (χ4v) is 2.06. The van der Waals surface area contributed by atoms with Crippen molar-refractivity contribution in [2.24, 2.45) is 0 Å². The first kappa shape index (κ1) is 9.45. The Hall–Kier alpha value is -1.10. The minimum absolute atomic E-state index is 0.0992. The Bertz CT molecular complexity index is 267. The van der Waals surface area contributed by atoms with E-state index in [1.54, 1.807) is 11.9 Å². The smallest absolute Gasteiger partial charge is 0.236 e. The van der Waals surface area contributed by atoms with Gasteiger partial charge in [0, 0.05) is 33.1 Å². The van der Waals surface area contributed by atoms with Crippen LogP contribution in [0.25, 0.3) is 0 Å². The molecular weight excluding hydrogens is 182 g/mol. The highest BCUT2D eigenvalue weighted by atomic mass is 16.2. The van der Waals surface area contributed by atoms with Crippen LogP contribution < -0.4 is 5.32 Å². The van der Waals surface area contributed by atoms with Crippen molar-refractivity contribution in [3.05, 3.63) is 0 Å². The normalized spacial score (nSPS) is 28.8. The average Bonchev–Trinajstić information content (AvgIpc) is 2.48. The largest absolute Gasteiger partial charge is 0.344 e. The third-order valence-electron chi connectivity index (χ3n) is 2.89. The number of hydrogen-bond acceptors (Lipinski definition) is 3. The summed E-state index contributed by atoms with van der Waals surface area (Å²) in [6.07, 6.45) is 0.488. The molecule has 2 heterocycles. The fraction of sp³-hybridized carbons (Fsp3) is 0.778. The Morgan fingerprint density at radius 2 is 2.14 bits per heavy atom. The Balaban J connectivity index is 2.01. The molecule has 0 saturated carbocycles. The molecule has 1 N–H and O–H groups in total. The van der Waals surface area contributed by atoms with Crippen LogP contribution in [0.1, 0.15) is 6.42 Å². The number of likely N-dealkylation sites (tertiary alicyclic amines) is 1. The van der Waals surface area contributed by atoms with Gasteiger partial charge in [-0.2, -0.15) is 0 Å². The molecular formula is C9H15N3O2. The van der Waals surface area contributed by atoms with Crippen LogP contribution in [0.15, 0.2) is 0 Å². The van der Waals surface area contributed by atoms with E-state index >= 15 is 0 Å². The predicted molar refractivity (Wildman–Crippen MR) is 50.6 cm³/mol. The molecule has 1 atom stereocenters. The van der Waals surface area contributed by atoms with Gasteiger partial charge in [-0.3, -0.25) is 9.59 Å². The molecule has 0 spiro atoms. The lowest BCUT2D eigenvalue weighted by Gasteiger charge is -2.32. The highest BCUT2D eigenvalue weighted by Gasteiger charge is 2.34. The summed E-state index contributed by atoms with van der Waals surface area (Å²) < 4.78 is 0. The quantitative estimate of drug-likeness (QED) is 0.565. The number of carbonyl (C=O) groups excluding carboxylic acids is 2. The molecule has 2 amide bonds. The highest BCUT2D eigenvalue weighted by Crippen LogP contribution is 2.16. The van der Waals surface area contributed by atoms with Gasteiger partial charge in [0.15, 0.2) is 0 Å². The monoisotopic (exact) mass is 197 g/mol. The number of rotatable bonds is 1. The van der Waals surface area contributed by atoms with Gasteiger partial charge >= 0.3 is 0 Å². The molecule has 78 valence electrons. The van der Waals surface area contributed by atoms with E-state index in [1.807, 2.05) is 4.90 Å².